The molecule has 0 saturated heterocycles. The molecular formula is C19H22O2. The van der Waals surface area contributed by atoms with Crippen LogP contribution in [0.25, 0.3) is 0 Å². The standard InChI is InChI=1S/C19H22O2/c1-19-10-9-15-14-6-4-13(21-2)11-12(14)3-5-16(15)17(19)7-8-18(19)20/h4,6-8,11,15-17H,3,5,9-10H2,1-2H3. The van der Waals surface area contributed by atoms with Gasteiger partial charge >= 0.3 is 0 Å². The molecule has 0 radical (unpaired) electrons. The number of fused-ring (bicyclic) bond motifs is 5. The summed E-state index contributed by atoms with van der Waals surface area (Å²) in [6.45, 7) is 2.18. The van der Waals surface area contributed by atoms with Crippen molar-refractivity contribution in [2.75, 3.05) is 7.11 Å². The maximum atomic E-state index is 12.2. The van der Waals surface area contributed by atoms with Crippen LogP contribution in [-0.2, 0) is 11.2 Å². The topological polar surface area (TPSA) is 26.3 Å². The molecule has 110 valence electrons. The van der Waals surface area contributed by atoms with Crippen LogP contribution in [0.3, 0.4) is 0 Å². The van der Waals surface area contributed by atoms with Crippen molar-refractivity contribution < 1.29 is 9.53 Å². The summed E-state index contributed by atoms with van der Waals surface area (Å²) in [6, 6.07) is 6.55. The smallest absolute Gasteiger partial charge is 0.161 e. The summed E-state index contributed by atoms with van der Waals surface area (Å²) in [5.74, 6) is 3.01. The number of ketones is 1. The van der Waals surface area contributed by atoms with Gasteiger partial charge in [-0.3, -0.25) is 4.79 Å². The highest BCUT2D eigenvalue weighted by Crippen LogP contribution is 2.57. The third-order valence-corrected chi connectivity index (χ3v) is 6.20. The van der Waals surface area contributed by atoms with Gasteiger partial charge in [0.25, 0.3) is 0 Å². The molecule has 0 heterocycles. The maximum Gasteiger partial charge on any atom is 0.161 e. The molecule has 1 aromatic rings. The number of ether oxygens (including phenoxy) is 1. The van der Waals surface area contributed by atoms with Crippen LogP contribution in [0.4, 0.5) is 0 Å². The van der Waals surface area contributed by atoms with Gasteiger partial charge in [0.2, 0.25) is 0 Å². The van der Waals surface area contributed by atoms with Crippen LogP contribution in [-0.4, -0.2) is 12.9 Å². The summed E-state index contributed by atoms with van der Waals surface area (Å²) in [6.07, 6.45) is 8.52. The van der Waals surface area contributed by atoms with Gasteiger partial charge in [-0.25, -0.2) is 0 Å². The van der Waals surface area contributed by atoms with Gasteiger partial charge in [0.15, 0.2) is 5.78 Å². The molecule has 1 aromatic carbocycles. The van der Waals surface area contributed by atoms with Gasteiger partial charge in [0.1, 0.15) is 5.75 Å². The first-order chi connectivity index (χ1) is 10.1. The first-order valence-corrected chi connectivity index (χ1v) is 8.03. The number of hydrogen-bond donors (Lipinski definition) is 0. The van der Waals surface area contributed by atoms with Crippen molar-refractivity contribution in [1.82, 2.24) is 0 Å². The number of aryl methyl sites for hydroxylation is 1. The molecule has 0 aliphatic heterocycles. The summed E-state index contributed by atoms with van der Waals surface area (Å²) in [5, 5.41) is 0. The van der Waals surface area contributed by atoms with E-state index in [-0.39, 0.29) is 5.41 Å². The van der Waals surface area contributed by atoms with E-state index in [0.29, 0.717) is 23.5 Å². The number of allylic oxidation sites excluding steroid dienone is 2. The average molecular weight is 282 g/mol. The van der Waals surface area contributed by atoms with Gasteiger partial charge in [0, 0.05) is 5.41 Å². The van der Waals surface area contributed by atoms with E-state index in [1.54, 1.807) is 7.11 Å². The van der Waals surface area contributed by atoms with Crippen LogP contribution in [0.1, 0.15) is 43.2 Å². The Balaban J connectivity index is 1.72. The summed E-state index contributed by atoms with van der Waals surface area (Å²) in [7, 11) is 1.73. The molecule has 0 amide bonds. The SMILES string of the molecule is COc1ccc2c(c1)CCC1C2CCC2(C)C(=O)C=CC12. The van der Waals surface area contributed by atoms with Crippen LogP contribution in [0.5, 0.6) is 5.75 Å². The zero-order valence-corrected chi connectivity index (χ0v) is 12.8. The van der Waals surface area contributed by atoms with Gasteiger partial charge in [0.05, 0.1) is 7.11 Å². The third-order valence-electron chi connectivity index (χ3n) is 6.20. The van der Waals surface area contributed by atoms with Crippen LogP contribution in [0.2, 0.25) is 0 Å². The number of carbonyl (C=O) groups excluding carboxylic acids is 1. The molecule has 1 fully saturated rings. The van der Waals surface area contributed by atoms with Crippen molar-refractivity contribution in [1.29, 1.82) is 0 Å². The first kappa shape index (κ1) is 13.1. The lowest BCUT2D eigenvalue weighted by molar-refractivity contribution is -0.126. The Labute approximate surface area is 126 Å². The predicted octanol–water partition coefficient (Wildman–Crippen LogP) is 3.90. The van der Waals surface area contributed by atoms with Crippen LogP contribution >= 0.6 is 0 Å². The predicted molar refractivity (Wildman–Crippen MR) is 82.5 cm³/mol. The summed E-state index contributed by atoms with van der Waals surface area (Å²) < 4.78 is 5.36. The van der Waals surface area contributed by atoms with Crippen molar-refractivity contribution in [3.05, 3.63) is 41.5 Å². The zero-order chi connectivity index (χ0) is 14.6. The van der Waals surface area contributed by atoms with Gasteiger partial charge in [-0.2, -0.15) is 0 Å². The van der Waals surface area contributed by atoms with Crippen molar-refractivity contribution in [2.24, 2.45) is 17.3 Å². The molecule has 4 rings (SSSR count). The number of carbonyl (C=O) groups is 1. The molecule has 1 saturated carbocycles. The Morgan fingerprint density at radius 1 is 1.29 bits per heavy atom. The molecular weight excluding hydrogens is 260 g/mol. The van der Waals surface area contributed by atoms with Crippen molar-refractivity contribution in [3.8, 4) is 5.75 Å². The van der Waals surface area contributed by atoms with Crippen molar-refractivity contribution >= 4 is 5.78 Å². The second-order valence-electron chi connectivity index (χ2n) is 7.08. The lowest BCUT2D eigenvalue weighted by atomic mass is 9.55. The van der Waals surface area contributed by atoms with E-state index < -0.39 is 0 Å². The second-order valence-corrected chi connectivity index (χ2v) is 7.08. The third kappa shape index (κ3) is 1.74. The molecule has 2 heteroatoms. The minimum atomic E-state index is -0.120. The molecule has 4 unspecified atom stereocenters. The molecule has 0 spiro atoms. The van der Waals surface area contributed by atoms with E-state index in [4.69, 9.17) is 4.74 Å². The van der Waals surface area contributed by atoms with Gasteiger partial charge in [-0.1, -0.05) is 19.1 Å². The maximum absolute atomic E-state index is 12.2. The highest BCUT2D eigenvalue weighted by molar-refractivity contribution is 5.97. The van der Waals surface area contributed by atoms with E-state index in [2.05, 4.69) is 31.2 Å². The molecule has 3 aliphatic carbocycles. The lowest BCUT2D eigenvalue weighted by Gasteiger charge is -2.48. The average Bonchev–Trinajstić information content (AvgIpc) is 2.82. The molecule has 4 atom stereocenters. The van der Waals surface area contributed by atoms with E-state index in [1.165, 1.54) is 17.5 Å². The number of benzene rings is 1. The van der Waals surface area contributed by atoms with Gasteiger partial charge in [-0.05, 0) is 72.8 Å². The Morgan fingerprint density at radius 2 is 2.14 bits per heavy atom. The summed E-state index contributed by atoms with van der Waals surface area (Å²) >= 11 is 0. The van der Waals surface area contributed by atoms with E-state index in [0.717, 1.165) is 25.0 Å². The van der Waals surface area contributed by atoms with Crippen LogP contribution < -0.4 is 4.74 Å². The zero-order valence-electron chi connectivity index (χ0n) is 12.8. The van der Waals surface area contributed by atoms with Crippen LogP contribution in [0, 0.1) is 17.3 Å². The largest absolute Gasteiger partial charge is 0.497 e. The minimum absolute atomic E-state index is 0.120. The van der Waals surface area contributed by atoms with Gasteiger partial charge < -0.3 is 4.74 Å². The fraction of sp³-hybridized carbons (Fsp3) is 0.526. The quantitative estimate of drug-likeness (QED) is 0.781. The Kier molecular flexibility index (Phi) is 2.79. The molecule has 2 nitrogen and oxygen atoms in total. The van der Waals surface area contributed by atoms with Crippen molar-refractivity contribution in [2.45, 2.75) is 38.5 Å². The second kappa shape index (κ2) is 4.46. The fourth-order valence-corrected chi connectivity index (χ4v) is 4.96. The molecule has 21 heavy (non-hydrogen) atoms. The lowest BCUT2D eigenvalue weighted by Crippen LogP contribution is -2.42. The summed E-state index contributed by atoms with van der Waals surface area (Å²) in [5.41, 5.74) is 2.83. The monoisotopic (exact) mass is 282 g/mol. The van der Waals surface area contributed by atoms with Crippen molar-refractivity contribution in [3.63, 3.8) is 0 Å². The van der Waals surface area contributed by atoms with E-state index >= 15 is 0 Å². The first-order valence-electron chi connectivity index (χ1n) is 8.03. The molecule has 3 aliphatic rings. The molecule has 0 N–H and O–H groups in total. The highest BCUT2D eigenvalue weighted by atomic mass is 16.5. The van der Waals surface area contributed by atoms with E-state index in [9.17, 15) is 4.79 Å². The summed E-state index contributed by atoms with van der Waals surface area (Å²) in [4.78, 5) is 12.2. The minimum Gasteiger partial charge on any atom is -0.497 e. The molecule has 0 aromatic heterocycles. The van der Waals surface area contributed by atoms with Gasteiger partial charge in [-0.15, -0.1) is 0 Å². The fourth-order valence-electron chi connectivity index (χ4n) is 4.96. The normalized spacial score (nSPS) is 36.9. The van der Waals surface area contributed by atoms with Crippen LogP contribution in [0.15, 0.2) is 30.4 Å². The highest BCUT2D eigenvalue weighted by Gasteiger charge is 2.52. The molecule has 0 bridgehead atoms. The number of rotatable bonds is 1. The van der Waals surface area contributed by atoms with E-state index in [1.807, 2.05) is 6.08 Å². The Bertz CT molecular complexity index is 630. The Hall–Kier alpha value is -1.57. The Morgan fingerprint density at radius 3 is 2.95 bits per heavy atom. The number of methoxy groups -OCH3 is 1. The number of hydrogen-bond acceptors (Lipinski definition) is 2.